The lowest BCUT2D eigenvalue weighted by Gasteiger charge is -2.27. The van der Waals surface area contributed by atoms with Crippen LogP contribution in [0.3, 0.4) is 0 Å². The number of hydrogen-bond donors (Lipinski definition) is 0. The van der Waals surface area contributed by atoms with E-state index in [1.54, 1.807) is 0 Å². The van der Waals surface area contributed by atoms with E-state index >= 15 is 0 Å². The molecule has 64 heavy (non-hydrogen) atoms. The van der Waals surface area contributed by atoms with Crippen molar-refractivity contribution in [1.82, 2.24) is 0 Å². The van der Waals surface area contributed by atoms with E-state index in [1.165, 1.54) is 86.5 Å². The van der Waals surface area contributed by atoms with Crippen molar-refractivity contribution in [3.63, 3.8) is 0 Å². The summed E-state index contributed by atoms with van der Waals surface area (Å²) in [5.41, 5.74) is 9.65. The summed E-state index contributed by atoms with van der Waals surface area (Å²) in [5, 5.41) is 20.0. The zero-order valence-corrected chi connectivity index (χ0v) is 34.7. The third-order valence-electron chi connectivity index (χ3n) is 13.7. The van der Waals surface area contributed by atoms with Crippen molar-refractivity contribution in [1.29, 1.82) is 0 Å². The third-order valence-corrected chi connectivity index (χ3v) is 13.7. The van der Waals surface area contributed by atoms with Crippen LogP contribution >= 0.6 is 0 Å². The molecule has 0 radical (unpaired) electrons. The predicted octanol–water partition coefficient (Wildman–Crippen LogP) is 17.9. The van der Waals surface area contributed by atoms with Crippen molar-refractivity contribution >= 4 is 114 Å². The van der Waals surface area contributed by atoms with Gasteiger partial charge in [0.1, 0.15) is 11.2 Å². The van der Waals surface area contributed by atoms with Crippen LogP contribution in [0.25, 0.3) is 120 Å². The predicted molar refractivity (Wildman–Crippen MR) is 273 cm³/mol. The minimum absolute atomic E-state index is 0.905. The van der Waals surface area contributed by atoms with Crippen molar-refractivity contribution in [3.05, 3.63) is 224 Å². The van der Waals surface area contributed by atoms with Crippen LogP contribution in [0.1, 0.15) is 0 Å². The van der Waals surface area contributed by atoms with Gasteiger partial charge in [0, 0.05) is 33.4 Å². The fourth-order valence-electron chi connectivity index (χ4n) is 10.8. The van der Waals surface area contributed by atoms with E-state index in [0.29, 0.717) is 0 Å². The number of rotatable bonds is 5. The zero-order chi connectivity index (χ0) is 41.9. The molecule has 0 bridgehead atoms. The van der Waals surface area contributed by atoms with Gasteiger partial charge in [0.2, 0.25) is 0 Å². The fourth-order valence-corrected chi connectivity index (χ4v) is 10.8. The Morgan fingerprint density at radius 2 is 0.750 bits per heavy atom. The molecule has 296 valence electrons. The molecule has 0 fully saturated rings. The Bertz CT molecular complexity index is 4170. The molecule has 0 aliphatic heterocycles. The highest BCUT2D eigenvalue weighted by Gasteiger charge is 2.20. The molecule has 0 aliphatic carbocycles. The first-order valence-electron chi connectivity index (χ1n) is 22.1. The van der Waals surface area contributed by atoms with Gasteiger partial charge in [-0.25, -0.2) is 0 Å². The smallest absolute Gasteiger partial charge is 0.143 e. The normalized spacial score (nSPS) is 12.1. The average molecular weight is 812 g/mol. The minimum atomic E-state index is 0.905. The number of nitrogens with zero attached hydrogens (tertiary/aromatic N) is 1. The van der Waals surface area contributed by atoms with Gasteiger partial charge < -0.3 is 9.32 Å². The molecule has 0 saturated carbocycles. The first kappa shape index (κ1) is 35.2. The van der Waals surface area contributed by atoms with Gasteiger partial charge >= 0.3 is 0 Å². The topological polar surface area (TPSA) is 16.4 Å². The molecule has 0 N–H and O–H groups in total. The molecule has 1 heterocycles. The summed E-state index contributed by atoms with van der Waals surface area (Å²) in [7, 11) is 0. The maximum Gasteiger partial charge on any atom is 0.143 e. The Hall–Kier alpha value is -8.46. The van der Waals surface area contributed by atoms with E-state index < -0.39 is 0 Å². The number of hydrogen-bond acceptors (Lipinski definition) is 2. The SMILES string of the molecule is c1ccc2cc(-c3ccc(N(c4ccc(-c5cccc6c5oc5ccccc56)cc4)c4cc5ccc6cccc7c8cccc9ccc%10cccc(c(c4)c5c67)c%10c98)cc3)ccc2c1. The summed E-state index contributed by atoms with van der Waals surface area (Å²) in [6, 6.07) is 82.6. The molecular formula is C62H37NO. The largest absolute Gasteiger partial charge is 0.455 e. The highest BCUT2D eigenvalue weighted by Crippen LogP contribution is 2.47. The van der Waals surface area contributed by atoms with Gasteiger partial charge in [0.25, 0.3) is 0 Å². The molecule has 13 aromatic carbocycles. The summed E-state index contributed by atoms with van der Waals surface area (Å²) in [6.45, 7) is 0. The second kappa shape index (κ2) is 13.5. The Morgan fingerprint density at radius 3 is 1.44 bits per heavy atom. The summed E-state index contributed by atoms with van der Waals surface area (Å²) >= 11 is 0. The first-order chi connectivity index (χ1) is 31.7. The van der Waals surface area contributed by atoms with Gasteiger partial charge in [-0.1, -0.05) is 176 Å². The van der Waals surface area contributed by atoms with Crippen LogP contribution in [0.2, 0.25) is 0 Å². The molecule has 2 heteroatoms. The van der Waals surface area contributed by atoms with Crippen molar-refractivity contribution in [2.45, 2.75) is 0 Å². The standard InChI is InChI=1S/C62H37NO/c1-2-10-44-35-45(25-21-38(44)9-1)39-27-31-47(32-28-39)63(48-33-29-40(30-34-48)50-15-8-19-55-51-14-3-4-20-57(51)64-62(50)55)49-36-46-26-24-43-12-6-17-53-52-16-5-11-41-22-23-42-13-7-18-54(60(42)58(41)52)56(37-49)61(46)59(43)53/h1-37H. The minimum Gasteiger partial charge on any atom is -0.455 e. The summed E-state index contributed by atoms with van der Waals surface area (Å²) in [4.78, 5) is 2.43. The molecule has 0 saturated heterocycles. The van der Waals surface area contributed by atoms with Gasteiger partial charge in [-0.3, -0.25) is 0 Å². The van der Waals surface area contributed by atoms with Crippen LogP contribution < -0.4 is 4.90 Å². The number of benzene rings is 12. The van der Waals surface area contributed by atoms with Crippen molar-refractivity contribution in [3.8, 4) is 22.3 Å². The molecular weight excluding hydrogens is 775 g/mol. The van der Waals surface area contributed by atoms with Crippen LogP contribution in [0, 0.1) is 0 Å². The molecule has 0 aliphatic rings. The molecule has 1 aromatic heterocycles. The average Bonchev–Trinajstić information content (AvgIpc) is 3.74. The molecule has 2 nitrogen and oxygen atoms in total. The number of furan rings is 1. The molecule has 0 unspecified atom stereocenters. The summed E-state index contributed by atoms with van der Waals surface area (Å²) in [6.07, 6.45) is 0. The lowest BCUT2D eigenvalue weighted by Crippen LogP contribution is -2.10. The van der Waals surface area contributed by atoms with E-state index in [0.717, 1.165) is 50.1 Å². The van der Waals surface area contributed by atoms with Crippen molar-refractivity contribution < 1.29 is 4.42 Å². The van der Waals surface area contributed by atoms with Crippen LogP contribution in [0.5, 0.6) is 0 Å². The number of para-hydroxylation sites is 2. The monoisotopic (exact) mass is 811 g/mol. The lowest BCUT2D eigenvalue weighted by atomic mass is 9.87. The summed E-state index contributed by atoms with van der Waals surface area (Å²) in [5.74, 6) is 0. The second-order valence-electron chi connectivity index (χ2n) is 17.2. The lowest BCUT2D eigenvalue weighted by molar-refractivity contribution is 0.670. The van der Waals surface area contributed by atoms with Crippen LogP contribution in [0.4, 0.5) is 17.1 Å². The van der Waals surface area contributed by atoms with E-state index in [1.807, 2.05) is 6.07 Å². The Morgan fingerprint density at radius 1 is 0.266 bits per heavy atom. The van der Waals surface area contributed by atoms with Crippen LogP contribution in [0.15, 0.2) is 229 Å². The van der Waals surface area contributed by atoms with Crippen molar-refractivity contribution in [2.75, 3.05) is 4.90 Å². The highest BCUT2D eigenvalue weighted by atomic mass is 16.3. The quantitative estimate of drug-likeness (QED) is 0.161. The molecule has 0 spiro atoms. The first-order valence-corrected chi connectivity index (χ1v) is 22.1. The summed E-state index contributed by atoms with van der Waals surface area (Å²) < 4.78 is 6.50. The third kappa shape index (κ3) is 5.20. The Kier molecular flexibility index (Phi) is 7.43. The van der Waals surface area contributed by atoms with Crippen molar-refractivity contribution in [2.24, 2.45) is 0 Å². The second-order valence-corrected chi connectivity index (χ2v) is 17.2. The molecule has 0 amide bonds. The van der Waals surface area contributed by atoms with E-state index in [4.69, 9.17) is 4.42 Å². The number of fused-ring (bicyclic) bond motifs is 6. The zero-order valence-electron chi connectivity index (χ0n) is 34.7. The van der Waals surface area contributed by atoms with Gasteiger partial charge in [0.05, 0.1) is 0 Å². The maximum atomic E-state index is 6.50. The Labute approximate surface area is 368 Å². The molecule has 0 atom stereocenters. The van der Waals surface area contributed by atoms with Crippen LogP contribution in [-0.4, -0.2) is 0 Å². The van der Waals surface area contributed by atoms with E-state index in [9.17, 15) is 0 Å². The van der Waals surface area contributed by atoms with Gasteiger partial charge in [-0.2, -0.15) is 0 Å². The van der Waals surface area contributed by atoms with Gasteiger partial charge in [-0.15, -0.1) is 0 Å². The number of anilines is 3. The van der Waals surface area contributed by atoms with E-state index in [-0.39, 0.29) is 0 Å². The highest BCUT2D eigenvalue weighted by molar-refractivity contribution is 6.37. The molecule has 14 rings (SSSR count). The maximum absolute atomic E-state index is 6.50. The van der Waals surface area contributed by atoms with Crippen LogP contribution in [-0.2, 0) is 0 Å². The van der Waals surface area contributed by atoms with Gasteiger partial charge in [0.15, 0.2) is 0 Å². The van der Waals surface area contributed by atoms with Gasteiger partial charge in [-0.05, 0) is 141 Å². The Balaban J connectivity index is 1.02. The van der Waals surface area contributed by atoms with E-state index in [2.05, 4.69) is 223 Å². The molecule has 14 aromatic rings. The fraction of sp³-hybridized carbons (Fsp3) is 0.